The van der Waals surface area contributed by atoms with Gasteiger partial charge >= 0.3 is 0 Å². The first-order valence-corrected chi connectivity index (χ1v) is 6.80. The van der Waals surface area contributed by atoms with E-state index in [0.717, 1.165) is 18.0 Å². The Bertz CT molecular complexity index is 395. The number of benzene rings is 1. The molecule has 1 aliphatic heterocycles. The van der Waals surface area contributed by atoms with Gasteiger partial charge in [0.2, 0.25) is 0 Å². The van der Waals surface area contributed by atoms with Gasteiger partial charge in [0.05, 0.1) is 7.11 Å². The standard InChI is InChI=1S/C15H24N2O/c1-11-5-4-6-12(2)17(11)10-13-9-14(16)7-8-15(13)18-3/h7-9,11-12H,4-6,10,16H2,1-3H3/t11-,12+. The largest absolute Gasteiger partial charge is 0.496 e. The maximum Gasteiger partial charge on any atom is 0.123 e. The first-order valence-electron chi connectivity index (χ1n) is 6.80. The Morgan fingerprint density at radius 2 is 1.94 bits per heavy atom. The zero-order valence-corrected chi connectivity index (χ0v) is 11.6. The van der Waals surface area contributed by atoms with E-state index in [0.29, 0.717) is 12.1 Å². The molecule has 0 amide bonds. The number of likely N-dealkylation sites (tertiary alicyclic amines) is 1. The van der Waals surface area contributed by atoms with Crippen LogP contribution in [-0.4, -0.2) is 24.1 Å². The van der Waals surface area contributed by atoms with Crippen LogP contribution in [-0.2, 0) is 6.54 Å². The summed E-state index contributed by atoms with van der Waals surface area (Å²) in [6.07, 6.45) is 3.91. The molecule has 1 aliphatic rings. The topological polar surface area (TPSA) is 38.5 Å². The number of methoxy groups -OCH3 is 1. The second-order valence-electron chi connectivity index (χ2n) is 5.37. The van der Waals surface area contributed by atoms with Crippen molar-refractivity contribution in [3.63, 3.8) is 0 Å². The fourth-order valence-electron chi connectivity index (χ4n) is 2.91. The molecule has 1 saturated heterocycles. The monoisotopic (exact) mass is 248 g/mol. The Morgan fingerprint density at radius 3 is 2.56 bits per heavy atom. The normalized spacial score (nSPS) is 25.1. The van der Waals surface area contributed by atoms with Crippen molar-refractivity contribution in [3.05, 3.63) is 23.8 Å². The molecule has 0 aromatic heterocycles. The lowest BCUT2D eigenvalue weighted by Crippen LogP contribution is -2.43. The van der Waals surface area contributed by atoms with Gasteiger partial charge in [0.1, 0.15) is 5.75 Å². The van der Waals surface area contributed by atoms with Gasteiger partial charge < -0.3 is 10.5 Å². The molecule has 2 rings (SSSR count). The first-order chi connectivity index (χ1) is 8.61. The van der Waals surface area contributed by atoms with Gasteiger partial charge in [-0.2, -0.15) is 0 Å². The zero-order valence-electron chi connectivity index (χ0n) is 11.6. The van der Waals surface area contributed by atoms with Gasteiger partial charge in [-0.3, -0.25) is 4.90 Å². The van der Waals surface area contributed by atoms with Gasteiger partial charge in [0, 0.05) is 29.9 Å². The van der Waals surface area contributed by atoms with Gasteiger partial charge in [-0.05, 0) is 44.9 Å². The lowest BCUT2D eigenvalue weighted by molar-refractivity contribution is 0.0943. The maximum atomic E-state index is 5.88. The third kappa shape index (κ3) is 2.78. The van der Waals surface area contributed by atoms with Crippen molar-refractivity contribution in [1.82, 2.24) is 4.90 Å². The Morgan fingerprint density at radius 1 is 1.28 bits per heavy atom. The smallest absolute Gasteiger partial charge is 0.123 e. The summed E-state index contributed by atoms with van der Waals surface area (Å²) in [7, 11) is 1.72. The van der Waals surface area contributed by atoms with Crippen LogP contribution in [0.5, 0.6) is 5.75 Å². The second-order valence-corrected chi connectivity index (χ2v) is 5.37. The molecule has 1 fully saturated rings. The molecule has 0 saturated carbocycles. The number of hydrogen-bond acceptors (Lipinski definition) is 3. The summed E-state index contributed by atoms with van der Waals surface area (Å²) in [5.74, 6) is 0.939. The number of ether oxygens (including phenoxy) is 1. The van der Waals surface area contributed by atoms with E-state index >= 15 is 0 Å². The summed E-state index contributed by atoms with van der Waals surface area (Å²) >= 11 is 0. The van der Waals surface area contributed by atoms with E-state index in [1.54, 1.807) is 7.11 Å². The fraction of sp³-hybridized carbons (Fsp3) is 0.600. The number of nitrogens with zero attached hydrogens (tertiary/aromatic N) is 1. The molecule has 18 heavy (non-hydrogen) atoms. The fourth-order valence-corrected chi connectivity index (χ4v) is 2.91. The van der Waals surface area contributed by atoms with Crippen molar-refractivity contribution in [2.45, 2.75) is 51.7 Å². The third-order valence-corrected chi connectivity index (χ3v) is 4.03. The Kier molecular flexibility index (Phi) is 4.12. The van der Waals surface area contributed by atoms with Crippen LogP contribution in [0.2, 0.25) is 0 Å². The quantitative estimate of drug-likeness (QED) is 0.836. The molecule has 0 bridgehead atoms. The molecule has 1 aromatic carbocycles. The van der Waals surface area contributed by atoms with E-state index in [-0.39, 0.29) is 0 Å². The van der Waals surface area contributed by atoms with E-state index < -0.39 is 0 Å². The highest BCUT2D eigenvalue weighted by Gasteiger charge is 2.25. The van der Waals surface area contributed by atoms with E-state index in [4.69, 9.17) is 10.5 Å². The highest BCUT2D eigenvalue weighted by Crippen LogP contribution is 2.28. The van der Waals surface area contributed by atoms with Crippen molar-refractivity contribution >= 4 is 5.69 Å². The van der Waals surface area contributed by atoms with Crippen LogP contribution in [0.25, 0.3) is 0 Å². The number of piperidine rings is 1. The van der Waals surface area contributed by atoms with E-state index in [1.165, 1.54) is 24.8 Å². The lowest BCUT2D eigenvalue weighted by atomic mass is 9.96. The second kappa shape index (κ2) is 5.61. The molecule has 0 spiro atoms. The maximum absolute atomic E-state index is 5.88. The molecule has 0 unspecified atom stereocenters. The van der Waals surface area contributed by atoms with Gasteiger partial charge in [-0.25, -0.2) is 0 Å². The zero-order chi connectivity index (χ0) is 13.1. The van der Waals surface area contributed by atoms with Crippen molar-refractivity contribution in [3.8, 4) is 5.75 Å². The van der Waals surface area contributed by atoms with Crippen LogP contribution in [0.15, 0.2) is 18.2 Å². The number of rotatable bonds is 3. The van der Waals surface area contributed by atoms with Crippen molar-refractivity contribution in [1.29, 1.82) is 0 Å². The highest BCUT2D eigenvalue weighted by atomic mass is 16.5. The van der Waals surface area contributed by atoms with Crippen molar-refractivity contribution in [2.75, 3.05) is 12.8 Å². The summed E-state index contributed by atoms with van der Waals surface area (Å²) in [4.78, 5) is 2.56. The minimum Gasteiger partial charge on any atom is -0.496 e. The predicted molar refractivity (Wildman–Crippen MR) is 75.7 cm³/mol. The average molecular weight is 248 g/mol. The van der Waals surface area contributed by atoms with Gasteiger partial charge in [0.25, 0.3) is 0 Å². The van der Waals surface area contributed by atoms with Crippen LogP contribution in [0.1, 0.15) is 38.7 Å². The molecule has 1 aromatic rings. The Labute approximate surface area is 110 Å². The third-order valence-electron chi connectivity index (χ3n) is 4.03. The molecular formula is C15H24N2O. The average Bonchev–Trinajstić information content (AvgIpc) is 2.34. The summed E-state index contributed by atoms with van der Waals surface area (Å²) < 4.78 is 5.43. The molecule has 3 nitrogen and oxygen atoms in total. The van der Waals surface area contributed by atoms with Crippen LogP contribution < -0.4 is 10.5 Å². The van der Waals surface area contributed by atoms with E-state index in [1.807, 2.05) is 18.2 Å². The van der Waals surface area contributed by atoms with Gasteiger partial charge in [0.15, 0.2) is 0 Å². The molecule has 2 atom stereocenters. The molecule has 100 valence electrons. The molecular weight excluding hydrogens is 224 g/mol. The van der Waals surface area contributed by atoms with Crippen LogP contribution in [0.4, 0.5) is 5.69 Å². The molecule has 1 heterocycles. The van der Waals surface area contributed by atoms with Crippen molar-refractivity contribution < 1.29 is 4.74 Å². The predicted octanol–water partition coefficient (Wildman–Crippen LogP) is 3.04. The molecule has 2 N–H and O–H groups in total. The summed E-state index contributed by atoms with van der Waals surface area (Å²) in [6, 6.07) is 7.17. The molecule has 3 heteroatoms. The van der Waals surface area contributed by atoms with Crippen LogP contribution in [0, 0.1) is 0 Å². The number of nitrogen functional groups attached to an aromatic ring is 1. The Hall–Kier alpha value is -1.22. The minimum atomic E-state index is 0.639. The molecule has 0 aliphatic carbocycles. The summed E-state index contributed by atoms with van der Waals surface area (Å²) in [5.41, 5.74) is 7.88. The highest BCUT2D eigenvalue weighted by molar-refractivity contribution is 5.47. The number of anilines is 1. The number of hydrogen-bond donors (Lipinski definition) is 1. The Balaban J connectivity index is 2.19. The summed E-state index contributed by atoms with van der Waals surface area (Å²) in [6.45, 7) is 5.55. The van der Waals surface area contributed by atoms with Crippen molar-refractivity contribution in [2.24, 2.45) is 0 Å². The SMILES string of the molecule is COc1ccc(N)cc1CN1[C@H](C)CCC[C@@H]1C. The van der Waals surface area contributed by atoms with E-state index in [2.05, 4.69) is 18.7 Å². The van der Waals surface area contributed by atoms with E-state index in [9.17, 15) is 0 Å². The molecule has 0 radical (unpaired) electrons. The minimum absolute atomic E-state index is 0.639. The van der Waals surface area contributed by atoms with Crippen LogP contribution in [0.3, 0.4) is 0 Å². The first kappa shape index (κ1) is 13.2. The van der Waals surface area contributed by atoms with Gasteiger partial charge in [-0.1, -0.05) is 6.42 Å². The lowest BCUT2D eigenvalue weighted by Gasteiger charge is -2.39. The van der Waals surface area contributed by atoms with Crippen LogP contribution >= 0.6 is 0 Å². The summed E-state index contributed by atoms with van der Waals surface area (Å²) in [5, 5.41) is 0. The number of nitrogens with two attached hydrogens (primary N) is 1. The van der Waals surface area contributed by atoms with Gasteiger partial charge in [-0.15, -0.1) is 0 Å².